The van der Waals surface area contributed by atoms with E-state index in [1.165, 1.54) is 23.1 Å². The van der Waals surface area contributed by atoms with Crippen molar-refractivity contribution in [3.05, 3.63) is 53.3 Å². The number of aromatic nitrogens is 2. The molecule has 3 heterocycles. The number of piperidine rings is 1. The summed E-state index contributed by atoms with van der Waals surface area (Å²) < 4.78 is 1.44. The van der Waals surface area contributed by atoms with Crippen molar-refractivity contribution in [3.8, 4) is 0 Å². The van der Waals surface area contributed by atoms with Gasteiger partial charge in [-0.25, -0.2) is 0 Å². The van der Waals surface area contributed by atoms with Crippen LogP contribution in [0.1, 0.15) is 52.2 Å². The molecule has 0 aliphatic carbocycles. The molecular weight excluding hydrogens is 368 g/mol. The maximum absolute atomic E-state index is 12.9. The minimum Gasteiger partial charge on any atom is -0.389 e. The zero-order chi connectivity index (χ0) is 20.2. The van der Waals surface area contributed by atoms with Crippen LogP contribution in [0, 0.1) is 5.92 Å². The first-order chi connectivity index (χ1) is 14.1. The number of fused-ring (bicyclic) bond motifs is 1. The molecule has 154 valence electrons. The van der Waals surface area contributed by atoms with Crippen LogP contribution in [0.3, 0.4) is 0 Å². The van der Waals surface area contributed by atoms with Crippen molar-refractivity contribution >= 4 is 11.8 Å². The van der Waals surface area contributed by atoms with Crippen molar-refractivity contribution in [1.29, 1.82) is 0 Å². The van der Waals surface area contributed by atoms with Gasteiger partial charge in [0.1, 0.15) is 5.69 Å². The molecule has 4 rings (SSSR count). The largest absolute Gasteiger partial charge is 0.389 e. The number of nitrogens with zero attached hydrogens (tertiary/aromatic N) is 3. The van der Waals surface area contributed by atoms with Crippen LogP contribution < -0.4 is 5.32 Å². The quantitative estimate of drug-likeness (QED) is 0.808. The van der Waals surface area contributed by atoms with Gasteiger partial charge in [-0.1, -0.05) is 30.3 Å². The van der Waals surface area contributed by atoms with Gasteiger partial charge in [-0.2, -0.15) is 5.10 Å². The highest BCUT2D eigenvalue weighted by Gasteiger charge is 2.28. The number of rotatable bonds is 5. The Hall–Kier alpha value is -2.67. The van der Waals surface area contributed by atoms with Gasteiger partial charge in [-0.05, 0) is 43.6 Å². The Morgan fingerprint density at radius 3 is 2.72 bits per heavy atom. The molecule has 0 spiro atoms. The summed E-state index contributed by atoms with van der Waals surface area (Å²) in [5, 5.41) is 16.8. The van der Waals surface area contributed by atoms with E-state index in [2.05, 4.69) is 34.7 Å². The van der Waals surface area contributed by atoms with Gasteiger partial charge >= 0.3 is 0 Å². The van der Waals surface area contributed by atoms with E-state index < -0.39 is 6.10 Å². The number of aryl methyl sites for hydroxylation is 1. The summed E-state index contributed by atoms with van der Waals surface area (Å²) in [6.07, 6.45) is 4.78. The van der Waals surface area contributed by atoms with E-state index in [1.54, 1.807) is 6.07 Å². The van der Waals surface area contributed by atoms with Crippen LogP contribution in [0.25, 0.3) is 0 Å². The van der Waals surface area contributed by atoms with E-state index in [1.807, 2.05) is 11.0 Å². The monoisotopic (exact) mass is 396 g/mol. The minimum absolute atomic E-state index is 0.129. The lowest BCUT2D eigenvalue weighted by Crippen LogP contribution is -2.38. The number of hydrogen-bond acceptors (Lipinski definition) is 4. The first kappa shape index (κ1) is 19.6. The van der Waals surface area contributed by atoms with Gasteiger partial charge in [0.15, 0.2) is 5.69 Å². The van der Waals surface area contributed by atoms with Crippen LogP contribution in [0.15, 0.2) is 36.4 Å². The molecule has 7 heteroatoms. The van der Waals surface area contributed by atoms with Crippen LogP contribution in [-0.4, -0.2) is 57.3 Å². The van der Waals surface area contributed by atoms with Crippen molar-refractivity contribution < 1.29 is 14.7 Å². The number of carbonyl (C=O) groups is 2. The van der Waals surface area contributed by atoms with E-state index >= 15 is 0 Å². The summed E-state index contributed by atoms with van der Waals surface area (Å²) in [5.41, 5.74) is 2.00. The molecule has 2 N–H and O–H groups in total. The molecule has 2 aromatic rings. The van der Waals surface area contributed by atoms with Crippen LogP contribution in [0.2, 0.25) is 0 Å². The number of carbonyl (C=O) groups excluding carboxylic acids is 2. The molecule has 29 heavy (non-hydrogen) atoms. The maximum atomic E-state index is 12.9. The first-order valence-corrected chi connectivity index (χ1v) is 10.5. The summed E-state index contributed by atoms with van der Waals surface area (Å²) in [7, 11) is 0. The van der Waals surface area contributed by atoms with E-state index in [0.29, 0.717) is 11.6 Å². The lowest BCUT2D eigenvalue weighted by Gasteiger charge is -2.31. The van der Waals surface area contributed by atoms with Crippen LogP contribution in [-0.2, 0) is 13.0 Å². The Bertz CT molecular complexity index is 856. The predicted molar refractivity (Wildman–Crippen MR) is 109 cm³/mol. The molecule has 0 unspecified atom stereocenters. The van der Waals surface area contributed by atoms with Gasteiger partial charge in [-0.3, -0.25) is 14.3 Å². The topological polar surface area (TPSA) is 87.5 Å². The highest BCUT2D eigenvalue weighted by Crippen LogP contribution is 2.24. The molecule has 0 saturated carbocycles. The van der Waals surface area contributed by atoms with Gasteiger partial charge in [0.05, 0.1) is 12.6 Å². The molecule has 2 aliphatic rings. The smallest absolute Gasteiger partial charge is 0.274 e. The van der Waals surface area contributed by atoms with Crippen LogP contribution >= 0.6 is 0 Å². The molecule has 0 bridgehead atoms. The lowest BCUT2D eigenvalue weighted by atomic mass is 9.90. The Morgan fingerprint density at radius 2 is 1.97 bits per heavy atom. The SMILES string of the molecule is O=C1NC[C@H](O)Cn2nc(C(=O)N3CCC(CCCc4ccccc4)CC3)cc21. The predicted octanol–water partition coefficient (Wildman–Crippen LogP) is 1.86. The number of amides is 2. The van der Waals surface area contributed by atoms with Gasteiger partial charge in [0.25, 0.3) is 11.8 Å². The zero-order valence-electron chi connectivity index (χ0n) is 16.6. The number of aliphatic hydroxyl groups excluding tert-OH is 1. The Labute approximate surface area is 170 Å². The Balaban J connectivity index is 1.29. The Morgan fingerprint density at radius 1 is 1.21 bits per heavy atom. The van der Waals surface area contributed by atoms with Crippen molar-refractivity contribution in [2.24, 2.45) is 5.92 Å². The van der Waals surface area contributed by atoms with Gasteiger partial charge in [0, 0.05) is 25.7 Å². The van der Waals surface area contributed by atoms with Crippen LogP contribution in [0.5, 0.6) is 0 Å². The second-order valence-electron chi connectivity index (χ2n) is 8.07. The van der Waals surface area contributed by atoms with E-state index in [-0.39, 0.29) is 30.6 Å². The van der Waals surface area contributed by atoms with Crippen LogP contribution in [0.4, 0.5) is 0 Å². The fourth-order valence-electron chi connectivity index (χ4n) is 4.23. The Kier molecular flexibility index (Phi) is 5.94. The number of nitrogens with one attached hydrogen (secondary N) is 1. The molecule has 1 atom stereocenters. The first-order valence-electron chi connectivity index (χ1n) is 10.5. The number of likely N-dealkylation sites (tertiary alicyclic amines) is 1. The molecule has 1 fully saturated rings. The number of benzene rings is 1. The third kappa shape index (κ3) is 4.67. The second kappa shape index (κ2) is 8.78. The summed E-state index contributed by atoms with van der Waals surface area (Å²) in [6.45, 7) is 1.87. The van der Waals surface area contributed by atoms with Gasteiger partial charge < -0.3 is 15.3 Å². The summed E-state index contributed by atoms with van der Waals surface area (Å²) in [6, 6.07) is 12.1. The van der Waals surface area contributed by atoms with Crippen molar-refractivity contribution in [3.63, 3.8) is 0 Å². The molecule has 1 aromatic heterocycles. The zero-order valence-corrected chi connectivity index (χ0v) is 16.6. The fraction of sp³-hybridized carbons (Fsp3) is 0.500. The normalized spacial score (nSPS) is 20.1. The molecule has 0 radical (unpaired) electrons. The third-order valence-electron chi connectivity index (χ3n) is 5.94. The molecule has 7 nitrogen and oxygen atoms in total. The van der Waals surface area contributed by atoms with Crippen molar-refractivity contribution in [2.75, 3.05) is 19.6 Å². The fourth-order valence-corrected chi connectivity index (χ4v) is 4.23. The summed E-state index contributed by atoms with van der Waals surface area (Å²) >= 11 is 0. The summed E-state index contributed by atoms with van der Waals surface area (Å²) in [5.74, 6) is 0.225. The number of β-amino-alcohol motifs (C(OH)–C–C–N with tert-alkyl or cyclic N) is 1. The van der Waals surface area contributed by atoms with E-state index in [0.717, 1.165) is 32.4 Å². The summed E-state index contributed by atoms with van der Waals surface area (Å²) in [4.78, 5) is 26.8. The lowest BCUT2D eigenvalue weighted by molar-refractivity contribution is 0.0678. The average molecular weight is 396 g/mol. The van der Waals surface area contributed by atoms with Gasteiger partial charge in [-0.15, -0.1) is 0 Å². The molecule has 2 amide bonds. The molecule has 1 saturated heterocycles. The molecular formula is C22H28N4O3. The number of aliphatic hydroxyl groups is 1. The maximum Gasteiger partial charge on any atom is 0.274 e. The molecule has 1 aromatic carbocycles. The standard InChI is InChI=1S/C22H28N4O3/c27-18-14-23-21(28)20-13-19(24-26(20)15-18)22(29)25-11-9-17(10-12-25)8-4-7-16-5-2-1-3-6-16/h1-3,5-6,13,17-18,27H,4,7-12,14-15H2,(H,23,28)/t18-/m0/s1. The van der Waals surface area contributed by atoms with Crippen molar-refractivity contribution in [2.45, 2.75) is 44.8 Å². The van der Waals surface area contributed by atoms with Crippen molar-refractivity contribution in [1.82, 2.24) is 20.0 Å². The highest BCUT2D eigenvalue weighted by molar-refractivity contribution is 5.98. The van der Waals surface area contributed by atoms with Gasteiger partial charge in [0.2, 0.25) is 0 Å². The number of hydrogen-bond donors (Lipinski definition) is 2. The average Bonchev–Trinajstić information content (AvgIpc) is 3.11. The molecule has 2 aliphatic heterocycles. The van der Waals surface area contributed by atoms with E-state index in [4.69, 9.17) is 0 Å². The highest BCUT2D eigenvalue weighted by atomic mass is 16.3. The minimum atomic E-state index is -0.699. The van der Waals surface area contributed by atoms with E-state index in [9.17, 15) is 14.7 Å². The second-order valence-corrected chi connectivity index (χ2v) is 8.07. The third-order valence-corrected chi connectivity index (χ3v) is 5.94.